The number of ether oxygens (including phenoxy) is 1. The summed E-state index contributed by atoms with van der Waals surface area (Å²) in [6, 6.07) is 7.76. The van der Waals surface area contributed by atoms with E-state index >= 15 is 0 Å². The zero-order chi connectivity index (χ0) is 17.1. The highest BCUT2D eigenvalue weighted by Gasteiger charge is 2.16. The van der Waals surface area contributed by atoms with Gasteiger partial charge in [-0.25, -0.2) is 0 Å². The molecule has 0 atom stereocenters. The van der Waals surface area contributed by atoms with E-state index in [1.54, 1.807) is 20.2 Å². The number of fused-ring (bicyclic) bond motifs is 1. The molecule has 128 valence electrons. The van der Waals surface area contributed by atoms with E-state index in [1.165, 1.54) is 4.90 Å². The fraction of sp³-hybridized carbons (Fsp3) is 0.412. The maximum absolute atomic E-state index is 12.3. The largest absolute Gasteiger partial charge is 0.378 e. The molecule has 1 N–H and O–H groups in total. The summed E-state index contributed by atoms with van der Waals surface area (Å²) >= 11 is 0. The zero-order valence-electron chi connectivity index (χ0n) is 14.0. The third-order valence-electron chi connectivity index (χ3n) is 4.13. The lowest BCUT2D eigenvalue weighted by Crippen LogP contribution is -2.37. The summed E-state index contributed by atoms with van der Waals surface area (Å²) in [6.45, 7) is 3.08. The Kier molecular flexibility index (Phi) is 4.71. The van der Waals surface area contributed by atoms with Crippen molar-refractivity contribution in [3.63, 3.8) is 0 Å². The minimum atomic E-state index is -0.256. The topological polar surface area (TPSA) is 66.3 Å². The molecule has 0 radical (unpaired) electrons. The number of carbonyl (C=O) groups excluding carboxylic acids is 2. The Bertz CT molecular complexity index is 747. The van der Waals surface area contributed by atoms with Crippen molar-refractivity contribution in [3.8, 4) is 0 Å². The van der Waals surface area contributed by atoms with Gasteiger partial charge in [0.05, 0.1) is 25.3 Å². The minimum absolute atomic E-state index is 0.00807. The summed E-state index contributed by atoms with van der Waals surface area (Å²) in [5.74, 6) is 0.653. The Morgan fingerprint density at radius 3 is 2.58 bits per heavy atom. The maximum Gasteiger partial charge on any atom is 0.253 e. The Labute approximate surface area is 140 Å². The molecule has 0 spiro atoms. The van der Waals surface area contributed by atoms with Gasteiger partial charge >= 0.3 is 0 Å². The van der Waals surface area contributed by atoms with Crippen molar-refractivity contribution in [2.75, 3.05) is 51.8 Å². The number of nitrogens with zero attached hydrogens (tertiary/aromatic N) is 3. The molecule has 7 nitrogen and oxygen atoms in total. The summed E-state index contributed by atoms with van der Waals surface area (Å²) in [5.41, 5.74) is 1.55. The van der Waals surface area contributed by atoms with Crippen molar-refractivity contribution in [2.45, 2.75) is 0 Å². The van der Waals surface area contributed by atoms with E-state index in [0.29, 0.717) is 18.8 Å². The van der Waals surface area contributed by atoms with Gasteiger partial charge < -0.3 is 24.3 Å². The molecule has 2 aromatic heterocycles. The quantitative estimate of drug-likeness (QED) is 0.891. The molecular weight excluding hydrogens is 308 g/mol. The zero-order valence-corrected chi connectivity index (χ0v) is 14.0. The summed E-state index contributed by atoms with van der Waals surface area (Å²) in [4.78, 5) is 27.6. The summed E-state index contributed by atoms with van der Waals surface area (Å²) in [7, 11) is 3.32. The van der Waals surface area contributed by atoms with E-state index in [2.05, 4.69) is 16.3 Å². The van der Waals surface area contributed by atoms with Gasteiger partial charge in [0.25, 0.3) is 5.91 Å². The van der Waals surface area contributed by atoms with Crippen molar-refractivity contribution in [1.29, 1.82) is 0 Å². The first-order chi connectivity index (χ1) is 11.6. The first kappa shape index (κ1) is 16.3. The molecule has 0 bridgehead atoms. The number of carbonyl (C=O) groups is 2. The predicted molar refractivity (Wildman–Crippen MR) is 91.5 cm³/mol. The molecule has 0 aliphatic carbocycles. The number of aromatic nitrogens is 1. The van der Waals surface area contributed by atoms with E-state index in [0.717, 1.165) is 24.4 Å². The smallest absolute Gasteiger partial charge is 0.253 e. The number of morpholine rings is 1. The molecule has 1 fully saturated rings. The van der Waals surface area contributed by atoms with Gasteiger partial charge in [-0.15, -0.1) is 0 Å². The molecule has 2 aromatic rings. The van der Waals surface area contributed by atoms with Crippen LogP contribution in [0.5, 0.6) is 0 Å². The van der Waals surface area contributed by atoms with Crippen molar-refractivity contribution < 1.29 is 14.3 Å². The van der Waals surface area contributed by atoms with Crippen LogP contribution >= 0.6 is 0 Å². The molecule has 0 saturated carbocycles. The fourth-order valence-corrected chi connectivity index (χ4v) is 2.69. The van der Waals surface area contributed by atoms with Gasteiger partial charge in [-0.1, -0.05) is 0 Å². The summed E-state index contributed by atoms with van der Waals surface area (Å²) in [6.07, 6.45) is 1.82. The number of hydrogen-bond acceptors (Lipinski definition) is 4. The monoisotopic (exact) mass is 330 g/mol. The second-order valence-electron chi connectivity index (χ2n) is 5.97. The average Bonchev–Trinajstić information content (AvgIpc) is 3.03. The first-order valence-corrected chi connectivity index (χ1v) is 7.98. The van der Waals surface area contributed by atoms with Crippen molar-refractivity contribution >= 4 is 23.1 Å². The van der Waals surface area contributed by atoms with Crippen molar-refractivity contribution in [2.24, 2.45) is 0 Å². The van der Waals surface area contributed by atoms with E-state index in [9.17, 15) is 9.59 Å². The second-order valence-corrected chi connectivity index (χ2v) is 5.97. The van der Waals surface area contributed by atoms with Gasteiger partial charge in [-0.2, -0.15) is 0 Å². The second kappa shape index (κ2) is 6.92. The van der Waals surface area contributed by atoms with E-state index in [1.807, 2.05) is 22.7 Å². The van der Waals surface area contributed by atoms with Crippen LogP contribution in [-0.4, -0.2) is 68.1 Å². The normalized spacial score (nSPS) is 14.7. The van der Waals surface area contributed by atoms with E-state index in [-0.39, 0.29) is 18.4 Å². The molecule has 3 rings (SSSR count). The van der Waals surface area contributed by atoms with Crippen LogP contribution in [0.15, 0.2) is 30.5 Å². The third-order valence-corrected chi connectivity index (χ3v) is 4.13. The highest BCUT2D eigenvalue weighted by Crippen LogP contribution is 2.21. The van der Waals surface area contributed by atoms with Gasteiger partial charge in [0.15, 0.2) is 0 Å². The summed E-state index contributed by atoms with van der Waals surface area (Å²) < 4.78 is 7.40. The number of likely N-dealkylation sites (N-methyl/N-ethyl adjacent to an activating group) is 1. The number of nitrogens with one attached hydrogen (secondary N) is 1. The molecule has 2 amide bonds. The van der Waals surface area contributed by atoms with Gasteiger partial charge in [0, 0.05) is 38.9 Å². The van der Waals surface area contributed by atoms with Crippen molar-refractivity contribution in [1.82, 2.24) is 14.6 Å². The number of rotatable bonds is 4. The Morgan fingerprint density at radius 2 is 1.88 bits per heavy atom. The van der Waals surface area contributed by atoms with Crippen LogP contribution in [0.1, 0.15) is 10.4 Å². The van der Waals surface area contributed by atoms with Crippen LogP contribution < -0.4 is 10.2 Å². The number of amides is 2. The van der Waals surface area contributed by atoms with Crippen LogP contribution in [0.25, 0.3) is 5.52 Å². The summed E-state index contributed by atoms with van der Waals surface area (Å²) in [5, 5.41) is 2.66. The van der Waals surface area contributed by atoms with Crippen LogP contribution in [0.2, 0.25) is 0 Å². The molecule has 24 heavy (non-hydrogen) atoms. The third kappa shape index (κ3) is 3.35. The molecular formula is C17H22N4O3. The lowest BCUT2D eigenvalue weighted by atomic mass is 10.2. The molecule has 0 aromatic carbocycles. The van der Waals surface area contributed by atoms with E-state index < -0.39 is 0 Å². The van der Waals surface area contributed by atoms with Crippen LogP contribution in [0, 0.1) is 0 Å². The Morgan fingerprint density at radius 1 is 1.17 bits per heavy atom. The highest BCUT2D eigenvalue weighted by molar-refractivity contribution is 5.96. The average molecular weight is 330 g/mol. The van der Waals surface area contributed by atoms with Crippen LogP contribution in [0.4, 0.5) is 5.82 Å². The number of pyridine rings is 1. The lowest BCUT2D eigenvalue weighted by Gasteiger charge is -2.28. The highest BCUT2D eigenvalue weighted by atomic mass is 16.5. The molecule has 7 heteroatoms. The Balaban J connectivity index is 1.79. The van der Waals surface area contributed by atoms with Gasteiger partial charge in [-0.3, -0.25) is 9.59 Å². The fourth-order valence-electron chi connectivity index (χ4n) is 2.69. The standard InChI is InChI=1S/C17H22N4O3/c1-19(2)16(22)11-18-17(23)13-3-4-14-5-6-15(21(14)12-13)20-7-9-24-10-8-20/h3-6,12H,7-11H2,1-2H3,(H,18,23). The van der Waals surface area contributed by atoms with Gasteiger partial charge in [0.2, 0.25) is 5.91 Å². The molecule has 0 unspecified atom stereocenters. The molecule has 1 aliphatic rings. The number of hydrogen-bond donors (Lipinski definition) is 1. The predicted octanol–water partition coefficient (Wildman–Crippen LogP) is 0.594. The maximum atomic E-state index is 12.3. The molecule has 1 saturated heterocycles. The number of anilines is 1. The lowest BCUT2D eigenvalue weighted by molar-refractivity contribution is -0.127. The van der Waals surface area contributed by atoms with Gasteiger partial charge in [-0.05, 0) is 24.3 Å². The Hall–Kier alpha value is -2.54. The first-order valence-electron chi connectivity index (χ1n) is 7.98. The van der Waals surface area contributed by atoms with Gasteiger partial charge in [0.1, 0.15) is 5.82 Å². The van der Waals surface area contributed by atoms with Crippen LogP contribution in [0.3, 0.4) is 0 Å². The van der Waals surface area contributed by atoms with E-state index in [4.69, 9.17) is 4.74 Å². The molecule has 1 aliphatic heterocycles. The van der Waals surface area contributed by atoms with Crippen LogP contribution in [-0.2, 0) is 9.53 Å². The van der Waals surface area contributed by atoms with Crippen molar-refractivity contribution in [3.05, 3.63) is 36.0 Å². The minimum Gasteiger partial charge on any atom is -0.378 e. The SMILES string of the molecule is CN(C)C(=O)CNC(=O)c1ccc2ccc(N3CCOCC3)n2c1. The molecule has 3 heterocycles.